The zero-order valence-corrected chi connectivity index (χ0v) is 12.7. The molecule has 23 heavy (non-hydrogen) atoms. The molecule has 0 heterocycles. The smallest absolute Gasteiger partial charge is 0.332 e. The molecule has 0 aliphatic rings. The van der Waals surface area contributed by atoms with Crippen LogP contribution in [-0.4, -0.2) is 5.11 Å². The molecule has 0 aliphatic carbocycles. The van der Waals surface area contributed by atoms with Crippen molar-refractivity contribution in [1.29, 1.82) is 0 Å². The quantitative estimate of drug-likeness (QED) is 0.546. The molecule has 2 aromatic rings. The van der Waals surface area contributed by atoms with Crippen LogP contribution in [0.3, 0.4) is 0 Å². The highest BCUT2D eigenvalue weighted by atomic mass is 35.5. The molecule has 0 saturated carbocycles. The maximum absolute atomic E-state index is 13.5. The van der Waals surface area contributed by atoms with Crippen LogP contribution >= 0.6 is 23.8 Å². The number of alkyl halides is 3. The van der Waals surface area contributed by atoms with E-state index in [9.17, 15) is 22.0 Å². The van der Waals surface area contributed by atoms with Crippen molar-refractivity contribution >= 4 is 40.3 Å². The average molecular weight is 367 g/mol. The molecule has 0 amide bonds. The number of rotatable bonds is 2. The predicted molar refractivity (Wildman–Crippen MR) is 82.7 cm³/mol. The summed E-state index contributed by atoms with van der Waals surface area (Å²) in [7, 11) is 0. The lowest BCUT2D eigenvalue weighted by Gasteiger charge is -2.14. The molecule has 0 unspecified atom stereocenters. The van der Waals surface area contributed by atoms with Gasteiger partial charge in [0.2, 0.25) is 0 Å². The number of halogens is 6. The molecule has 9 heteroatoms. The maximum atomic E-state index is 13.5. The molecule has 2 N–H and O–H groups in total. The summed E-state index contributed by atoms with van der Waals surface area (Å²) in [6, 6.07) is 5.90. The van der Waals surface area contributed by atoms with E-state index in [2.05, 4.69) is 10.6 Å². The van der Waals surface area contributed by atoms with Crippen LogP contribution in [-0.2, 0) is 6.18 Å². The van der Waals surface area contributed by atoms with Crippen LogP contribution < -0.4 is 10.6 Å². The van der Waals surface area contributed by atoms with E-state index in [1.54, 1.807) is 0 Å². The van der Waals surface area contributed by atoms with Crippen molar-refractivity contribution in [2.45, 2.75) is 6.18 Å². The molecule has 0 fully saturated rings. The minimum Gasteiger partial charge on any atom is -0.332 e. The second kappa shape index (κ2) is 6.67. The summed E-state index contributed by atoms with van der Waals surface area (Å²) in [4.78, 5) is 0. The standard InChI is InChI=1S/C14H8ClF5N2S/c15-10-3-2-8(6-9(10)14(18,19)20)21-13(23)22-12-4-1-7(16)5-11(12)17/h1-6H,(H2,21,22,23). The molecule has 0 radical (unpaired) electrons. The maximum Gasteiger partial charge on any atom is 0.417 e. The van der Waals surface area contributed by atoms with Gasteiger partial charge in [0.15, 0.2) is 5.11 Å². The lowest BCUT2D eigenvalue weighted by molar-refractivity contribution is -0.137. The Balaban J connectivity index is 2.14. The van der Waals surface area contributed by atoms with E-state index in [0.717, 1.165) is 24.3 Å². The second-order valence-electron chi connectivity index (χ2n) is 4.40. The molecule has 0 spiro atoms. The third kappa shape index (κ3) is 4.52. The molecular weight excluding hydrogens is 359 g/mol. The van der Waals surface area contributed by atoms with Gasteiger partial charge in [-0.15, -0.1) is 0 Å². The molecule has 2 nitrogen and oxygen atoms in total. The first-order valence-corrected chi connectivity index (χ1v) is 6.85. The zero-order chi connectivity index (χ0) is 17.2. The number of anilines is 2. The van der Waals surface area contributed by atoms with E-state index in [1.807, 2.05) is 0 Å². The molecule has 0 aliphatic heterocycles. The Morgan fingerprint density at radius 2 is 1.70 bits per heavy atom. The van der Waals surface area contributed by atoms with Gasteiger partial charge < -0.3 is 10.6 Å². The molecule has 122 valence electrons. The lowest BCUT2D eigenvalue weighted by Crippen LogP contribution is -2.20. The summed E-state index contributed by atoms with van der Waals surface area (Å²) in [5.74, 6) is -1.65. The highest BCUT2D eigenvalue weighted by Gasteiger charge is 2.33. The largest absolute Gasteiger partial charge is 0.417 e. The summed E-state index contributed by atoms with van der Waals surface area (Å²) in [6.07, 6.45) is -4.62. The summed E-state index contributed by atoms with van der Waals surface area (Å²) in [6.45, 7) is 0. The van der Waals surface area contributed by atoms with Crippen LogP contribution in [0, 0.1) is 11.6 Å². The molecule has 0 saturated heterocycles. The van der Waals surface area contributed by atoms with Crippen molar-refractivity contribution in [2.75, 3.05) is 10.6 Å². The monoisotopic (exact) mass is 366 g/mol. The third-order valence-electron chi connectivity index (χ3n) is 2.71. The van der Waals surface area contributed by atoms with Gasteiger partial charge in [0, 0.05) is 11.8 Å². The molecule has 2 rings (SSSR count). The van der Waals surface area contributed by atoms with Gasteiger partial charge in [-0.2, -0.15) is 13.2 Å². The van der Waals surface area contributed by atoms with Gasteiger partial charge in [-0.25, -0.2) is 8.78 Å². The topological polar surface area (TPSA) is 24.1 Å². The van der Waals surface area contributed by atoms with Gasteiger partial charge in [0.1, 0.15) is 11.6 Å². The number of thiocarbonyl (C=S) groups is 1. The minimum atomic E-state index is -4.62. The van der Waals surface area contributed by atoms with Crippen LogP contribution in [0.5, 0.6) is 0 Å². The van der Waals surface area contributed by atoms with E-state index in [1.165, 1.54) is 6.07 Å². The normalized spacial score (nSPS) is 11.2. The summed E-state index contributed by atoms with van der Waals surface area (Å²) in [5, 5.41) is 4.28. The van der Waals surface area contributed by atoms with E-state index < -0.39 is 28.4 Å². The van der Waals surface area contributed by atoms with Gasteiger partial charge in [-0.05, 0) is 42.5 Å². The van der Waals surface area contributed by atoms with E-state index in [4.69, 9.17) is 23.8 Å². The molecule has 0 bridgehead atoms. The first-order valence-electron chi connectivity index (χ1n) is 6.06. The Kier molecular flexibility index (Phi) is 5.06. The Morgan fingerprint density at radius 3 is 2.30 bits per heavy atom. The first-order chi connectivity index (χ1) is 10.7. The van der Waals surface area contributed by atoms with E-state index in [-0.39, 0.29) is 16.5 Å². The van der Waals surface area contributed by atoms with Crippen molar-refractivity contribution in [3.05, 3.63) is 58.6 Å². The van der Waals surface area contributed by atoms with Crippen LogP contribution in [0.25, 0.3) is 0 Å². The van der Waals surface area contributed by atoms with Crippen molar-refractivity contribution in [3.8, 4) is 0 Å². The summed E-state index contributed by atoms with van der Waals surface area (Å²) < 4.78 is 64.5. The molecule has 2 aromatic carbocycles. The predicted octanol–water partition coefficient (Wildman–Crippen LogP) is 5.45. The van der Waals surface area contributed by atoms with Crippen molar-refractivity contribution < 1.29 is 22.0 Å². The van der Waals surface area contributed by atoms with Crippen LogP contribution in [0.15, 0.2) is 36.4 Å². The van der Waals surface area contributed by atoms with E-state index in [0.29, 0.717) is 6.07 Å². The molecule has 0 aromatic heterocycles. The number of benzene rings is 2. The van der Waals surface area contributed by atoms with Gasteiger partial charge in [0.25, 0.3) is 0 Å². The Labute approximate surface area is 138 Å². The number of hydrogen-bond donors (Lipinski definition) is 2. The van der Waals surface area contributed by atoms with Crippen molar-refractivity contribution in [3.63, 3.8) is 0 Å². The van der Waals surface area contributed by atoms with Gasteiger partial charge >= 0.3 is 6.18 Å². The fourth-order valence-corrected chi connectivity index (χ4v) is 2.15. The van der Waals surface area contributed by atoms with Gasteiger partial charge in [0.05, 0.1) is 16.3 Å². The van der Waals surface area contributed by atoms with Gasteiger partial charge in [-0.3, -0.25) is 0 Å². The number of hydrogen-bond acceptors (Lipinski definition) is 1. The van der Waals surface area contributed by atoms with Gasteiger partial charge in [-0.1, -0.05) is 11.6 Å². The fourth-order valence-electron chi connectivity index (χ4n) is 1.70. The van der Waals surface area contributed by atoms with Crippen LogP contribution in [0.1, 0.15) is 5.56 Å². The number of nitrogens with one attached hydrogen (secondary N) is 2. The Hall–Kier alpha value is -1.93. The highest BCUT2D eigenvalue weighted by molar-refractivity contribution is 7.80. The Bertz CT molecular complexity index is 748. The first kappa shape index (κ1) is 17.4. The molecular formula is C14H8ClF5N2S. The average Bonchev–Trinajstić information content (AvgIpc) is 2.43. The second-order valence-corrected chi connectivity index (χ2v) is 5.21. The SMILES string of the molecule is Fc1ccc(NC(=S)Nc2ccc(Cl)c(C(F)(F)F)c2)c(F)c1. The molecule has 0 atom stereocenters. The van der Waals surface area contributed by atoms with E-state index >= 15 is 0 Å². The van der Waals surface area contributed by atoms with Crippen LogP contribution in [0.2, 0.25) is 5.02 Å². The third-order valence-corrected chi connectivity index (χ3v) is 3.24. The summed E-state index contributed by atoms with van der Waals surface area (Å²) >= 11 is 10.4. The highest BCUT2D eigenvalue weighted by Crippen LogP contribution is 2.36. The van der Waals surface area contributed by atoms with Crippen LogP contribution in [0.4, 0.5) is 33.3 Å². The Morgan fingerprint density at radius 1 is 1.00 bits per heavy atom. The summed E-state index contributed by atoms with van der Waals surface area (Å²) in [5.41, 5.74) is -1.13. The lowest BCUT2D eigenvalue weighted by atomic mass is 10.2. The van der Waals surface area contributed by atoms with Crippen molar-refractivity contribution in [2.24, 2.45) is 0 Å². The minimum absolute atomic E-state index is 0.0155. The fraction of sp³-hybridized carbons (Fsp3) is 0.0714. The zero-order valence-electron chi connectivity index (χ0n) is 11.1. The van der Waals surface area contributed by atoms with Crippen molar-refractivity contribution in [1.82, 2.24) is 0 Å².